The highest BCUT2D eigenvalue weighted by Crippen LogP contribution is 2.16. The fourth-order valence-corrected chi connectivity index (χ4v) is 1.44. The molecule has 0 saturated heterocycles. The summed E-state index contributed by atoms with van der Waals surface area (Å²) < 4.78 is 0. The number of hydrogen-bond acceptors (Lipinski definition) is 2. The van der Waals surface area contributed by atoms with Gasteiger partial charge in [0.05, 0.1) is 0 Å². The molecule has 10 heavy (non-hydrogen) atoms. The molecule has 0 aliphatic heterocycles. The maximum absolute atomic E-state index is 5.37. The lowest BCUT2D eigenvalue weighted by atomic mass is 10.2. The van der Waals surface area contributed by atoms with Crippen LogP contribution in [-0.4, -0.2) is 5.88 Å². The summed E-state index contributed by atoms with van der Waals surface area (Å²) in [5, 5.41) is 0. The van der Waals surface area contributed by atoms with Crippen molar-refractivity contribution < 1.29 is 0 Å². The Labute approximate surface area is 65.6 Å². The van der Waals surface area contributed by atoms with Crippen LogP contribution in [0.3, 0.4) is 0 Å². The fraction of sp³-hybridized carbons (Fsp3) is 0.250. The minimum Gasteiger partial charge on any atom is -0.322 e. The van der Waals surface area contributed by atoms with Gasteiger partial charge >= 0.3 is 0 Å². The second-order valence-corrected chi connectivity index (χ2v) is 3.22. The van der Waals surface area contributed by atoms with Gasteiger partial charge in [-0.25, -0.2) is 0 Å². The number of rotatable bonds is 2. The highest BCUT2D eigenvalue weighted by Gasteiger charge is 1.89. The van der Waals surface area contributed by atoms with Crippen LogP contribution in [0.2, 0.25) is 0 Å². The molecule has 1 aromatic carbocycles. The largest absolute Gasteiger partial charge is 0.322 e. The fourth-order valence-electron chi connectivity index (χ4n) is 0.801. The Morgan fingerprint density at radius 3 is 2.90 bits per heavy atom. The topological polar surface area (TPSA) is 26.0 Å². The van der Waals surface area contributed by atoms with Crippen molar-refractivity contribution in [1.29, 1.82) is 0 Å². The summed E-state index contributed by atoms with van der Waals surface area (Å²) in [6.07, 6.45) is 0. The highest BCUT2D eigenvalue weighted by molar-refractivity contribution is 7.99. The molecule has 0 bridgehead atoms. The Balaban J connectivity index is 2.75. The Morgan fingerprint density at radius 2 is 2.30 bits per heavy atom. The number of aryl methyl sites for hydroxylation is 1. The van der Waals surface area contributed by atoms with Gasteiger partial charge in [-0.1, -0.05) is 17.7 Å². The van der Waals surface area contributed by atoms with E-state index in [4.69, 9.17) is 5.73 Å². The first kappa shape index (κ1) is 7.63. The van der Waals surface area contributed by atoms with Crippen molar-refractivity contribution in [3.63, 3.8) is 0 Å². The Morgan fingerprint density at radius 1 is 1.50 bits per heavy atom. The van der Waals surface area contributed by atoms with Gasteiger partial charge in [0.15, 0.2) is 0 Å². The second kappa shape index (κ2) is 3.64. The molecule has 54 valence electrons. The van der Waals surface area contributed by atoms with Gasteiger partial charge in [-0.05, 0) is 19.1 Å². The van der Waals surface area contributed by atoms with Gasteiger partial charge in [0.1, 0.15) is 0 Å². The molecule has 0 saturated carbocycles. The number of nitrogens with two attached hydrogens (primary N) is 1. The molecule has 0 radical (unpaired) electrons. The maximum Gasteiger partial charge on any atom is 0.0440 e. The van der Waals surface area contributed by atoms with Gasteiger partial charge in [0.2, 0.25) is 0 Å². The van der Waals surface area contributed by atoms with E-state index in [1.54, 1.807) is 11.8 Å². The van der Waals surface area contributed by atoms with E-state index in [1.807, 2.05) is 6.07 Å². The first-order valence-electron chi connectivity index (χ1n) is 3.22. The van der Waals surface area contributed by atoms with E-state index in [0.717, 1.165) is 0 Å². The first-order chi connectivity index (χ1) is 4.83. The normalized spacial score (nSPS) is 9.80. The van der Waals surface area contributed by atoms with E-state index >= 15 is 0 Å². The molecule has 0 aromatic heterocycles. The average Bonchev–Trinajstić information content (AvgIpc) is 1.88. The van der Waals surface area contributed by atoms with Crippen molar-refractivity contribution in [2.24, 2.45) is 5.73 Å². The lowest BCUT2D eigenvalue weighted by Crippen LogP contribution is -1.91. The van der Waals surface area contributed by atoms with Crippen LogP contribution in [0, 0.1) is 6.92 Å². The third kappa shape index (κ3) is 2.05. The van der Waals surface area contributed by atoms with Crippen molar-refractivity contribution in [3.05, 3.63) is 29.8 Å². The molecule has 0 amide bonds. The minimum atomic E-state index is 0.656. The van der Waals surface area contributed by atoms with E-state index < -0.39 is 0 Å². The van der Waals surface area contributed by atoms with Gasteiger partial charge < -0.3 is 5.73 Å². The molecule has 0 atom stereocenters. The van der Waals surface area contributed by atoms with Crippen LogP contribution in [0.5, 0.6) is 0 Å². The zero-order valence-corrected chi connectivity index (χ0v) is 6.82. The molecule has 0 aliphatic rings. The van der Waals surface area contributed by atoms with Gasteiger partial charge in [0.25, 0.3) is 0 Å². The van der Waals surface area contributed by atoms with Crippen molar-refractivity contribution in [2.45, 2.75) is 11.8 Å². The smallest absolute Gasteiger partial charge is 0.0440 e. The average molecular weight is 153 g/mol. The van der Waals surface area contributed by atoms with E-state index in [2.05, 4.69) is 25.1 Å². The van der Waals surface area contributed by atoms with Crippen molar-refractivity contribution in [2.75, 3.05) is 5.88 Å². The molecule has 0 heterocycles. The summed E-state index contributed by atoms with van der Waals surface area (Å²) in [6, 6.07) is 8.34. The van der Waals surface area contributed by atoms with E-state index in [9.17, 15) is 0 Å². The third-order valence-corrected chi connectivity index (χ3v) is 1.99. The molecule has 0 unspecified atom stereocenters. The SMILES string of the molecule is Cc1cccc(SCN)c1. The Hall–Kier alpha value is -0.470. The molecule has 2 N–H and O–H groups in total. The predicted molar refractivity (Wildman–Crippen MR) is 46.1 cm³/mol. The number of benzene rings is 1. The van der Waals surface area contributed by atoms with E-state index in [1.165, 1.54) is 10.5 Å². The number of thioether (sulfide) groups is 1. The molecule has 0 aliphatic carbocycles. The van der Waals surface area contributed by atoms with Gasteiger partial charge in [-0.3, -0.25) is 0 Å². The van der Waals surface area contributed by atoms with Gasteiger partial charge in [-0.2, -0.15) is 0 Å². The van der Waals surface area contributed by atoms with Crippen molar-refractivity contribution >= 4 is 11.8 Å². The van der Waals surface area contributed by atoms with Crippen LogP contribution in [0.1, 0.15) is 5.56 Å². The molecular formula is C8H11NS. The Bertz CT molecular complexity index is 210. The summed E-state index contributed by atoms with van der Waals surface area (Å²) >= 11 is 1.67. The molecule has 2 heteroatoms. The summed E-state index contributed by atoms with van der Waals surface area (Å²) in [4.78, 5) is 1.25. The summed E-state index contributed by atoms with van der Waals surface area (Å²) in [7, 11) is 0. The van der Waals surface area contributed by atoms with Crippen LogP contribution in [0.15, 0.2) is 29.2 Å². The molecular weight excluding hydrogens is 142 g/mol. The monoisotopic (exact) mass is 153 g/mol. The predicted octanol–water partition coefficient (Wildman–Crippen LogP) is 2.00. The standard InChI is InChI=1S/C8H11NS/c1-7-3-2-4-8(5-7)10-6-9/h2-5H,6,9H2,1H3. The van der Waals surface area contributed by atoms with Gasteiger partial charge in [0, 0.05) is 10.8 Å². The minimum absolute atomic E-state index is 0.656. The van der Waals surface area contributed by atoms with Crippen LogP contribution in [-0.2, 0) is 0 Å². The van der Waals surface area contributed by atoms with Gasteiger partial charge in [-0.15, -0.1) is 11.8 Å². The van der Waals surface area contributed by atoms with E-state index in [0.29, 0.717) is 5.88 Å². The van der Waals surface area contributed by atoms with E-state index in [-0.39, 0.29) is 0 Å². The van der Waals surface area contributed by atoms with Crippen LogP contribution >= 0.6 is 11.8 Å². The van der Waals surface area contributed by atoms with Crippen molar-refractivity contribution in [1.82, 2.24) is 0 Å². The molecule has 0 spiro atoms. The number of hydrogen-bond donors (Lipinski definition) is 1. The van der Waals surface area contributed by atoms with Crippen LogP contribution in [0.25, 0.3) is 0 Å². The highest BCUT2D eigenvalue weighted by atomic mass is 32.2. The lowest BCUT2D eigenvalue weighted by Gasteiger charge is -1.97. The van der Waals surface area contributed by atoms with Crippen LogP contribution < -0.4 is 5.73 Å². The summed E-state index contributed by atoms with van der Waals surface area (Å²) in [5.74, 6) is 0.656. The lowest BCUT2D eigenvalue weighted by molar-refractivity contribution is 1.33. The summed E-state index contributed by atoms with van der Waals surface area (Å²) in [6.45, 7) is 2.08. The molecule has 1 aromatic rings. The second-order valence-electron chi connectivity index (χ2n) is 2.13. The summed E-state index contributed by atoms with van der Waals surface area (Å²) in [5.41, 5.74) is 6.66. The molecule has 0 fully saturated rings. The molecule has 1 nitrogen and oxygen atoms in total. The van der Waals surface area contributed by atoms with Crippen LogP contribution in [0.4, 0.5) is 0 Å². The van der Waals surface area contributed by atoms with Crippen molar-refractivity contribution in [3.8, 4) is 0 Å². The zero-order chi connectivity index (χ0) is 7.40. The maximum atomic E-state index is 5.37. The first-order valence-corrected chi connectivity index (χ1v) is 4.21. The molecule has 1 rings (SSSR count). The third-order valence-electron chi connectivity index (χ3n) is 1.24. The Kier molecular flexibility index (Phi) is 2.78. The quantitative estimate of drug-likeness (QED) is 0.519. The zero-order valence-electron chi connectivity index (χ0n) is 6.00.